The Hall–Kier alpha value is -2.88. The van der Waals surface area contributed by atoms with E-state index in [0.717, 1.165) is 0 Å². The minimum absolute atomic E-state index is 0.0351. The first-order valence-corrected chi connectivity index (χ1v) is 9.24. The van der Waals surface area contributed by atoms with Crippen molar-refractivity contribution in [2.75, 3.05) is 0 Å². The van der Waals surface area contributed by atoms with Crippen LogP contribution in [0.5, 0.6) is 11.5 Å². The average molecular weight is 367 g/mol. The van der Waals surface area contributed by atoms with Gasteiger partial charge >= 0.3 is 10.0 Å². The Morgan fingerprint density at radius 3 is 1.75 bits per heavy atom. The number of benzene rings is 2. The third-order valence-electron chi connectivity index (χ3n) is 2.81. The third kappa shape index (κ3) is 3.90. The number of hydrogen-bond acceptors (Lipinski definition) is 7. The van der Waals surface area contributed by atoms with E-state index in [1.54, 1.807) is 0 Å². The second-order valence-corrected chi connectivity index (χ2v) is 7.75. The monoisotopic (exact) mass is 367 g/mol. The molecule has 0 heterocycles. The molecule has 0 bridgehead atoms. The molecule has 0 fully saturated rings. The molecule has 0 aromatic heterocycles. The highest BCUT2D eigenvalue weighted by molar-refractivity contribution is 8.04. The predicted octanol–water partition coefficient (Wildman–Crippen LogP) is 2.10. The summed E-state index contributed by atoms with van der Waals surface area (Å²) in [6, 6.07) is 10.7. The molecule has 0 radical (unpaired) electrons. The fraction of sp³-hybridized carbons (Fsp3) is 0. The van der Waals surface area contributed by atoms with Crippen molar-refractivity contribution in [1.82, 2.24) is 4.91 Å². The van der Waals surface area contributed by atoms with Gasteiger partial charge in [-0.2, -0.15) is 8.42 Å². The number of nitrogens with zero attached hydrogens (tertiary/aromatic N) is 2. The first kappa shape index (κ1) is 17.5. The molecule has 24 heavy (non-hydrogen) atoms. The van der Waals surface area contributed by atoms with E-state index < -0.39 is 19.9 Å². The van der Waals surface area contributed by atoms with Crippen LogP contribution >= 0.6 is 0 Å². The van der Waals surface area contributed by atoms with Gasteiger partial charge in [-0.3, -0.25) is 5.41 Å². The highest BCUT2D eigenvalue weighted by Crippen LogP contribution is 2.24. The van der Waals surface area contributed by atoms with Gasteiger partial charge in [0.1, 0.15) is 22.6 Å². The van der Waals surface area contributed by atoms with Crippen LogP contribution in [0.4, 0.5) is 0 Å². The van der Waals surface area contributed by atoms with Gasteiger partial charge in [-0.15, -0.1) is 0 Å². The van der Waals surface area contributed by atoms with Crippen LogP contribution in [0.15, 0.2) is 62.8 Å². The van der Waals surface area contributed by atoms with Gasteiger partial charge in [-0.1, -0.05) is 0 Å². The van der Waals surface area contributed by atoms with Crippen molar-refractivity contribution in [2.45, 2.75) is 9.79 Å². The van der Waals surface area contributed by atoms with Crippen molar-refractivity contribution in [3.63, 3.8) is 0 Å². The fourth-order valence-corrected chi connectivity index (χ4v) is 3.02. The number of nitrogens with one attached hydrogen (secondary N) is 2. The van der Waals surface area contributed by atoms with E-state index >= 15 is 0 Å². The molecule has 0 aliphatic heterocycles. The number of hydrogen-bond donors (Lipinski definition) is 2. The minimum atomic E-state index is -4.00. The lowest BCUT2D eigenvalue weighted by atomic mass is 10.3. The van der Waals surface area contributed by atoms with Crippen molar-refractivity contribution in [2.24, 2.45) is 4.52 Å². The lowest BCUT2D eigenvalue weighted by Gasteiger charge is -2.06. The maximum absolute atomic E-state index is 11.6. The lowest BCUT2D eigenvalue weighted by Crippen LogP contribution is -2.00. The Kier molecular flexibility index (Phi) is 4.88. The normalized spacial score (nSPS) is 11.3. The first-order chi connectivity index (χ1) is 11.3. The molecule has 0 amide bonds. The zero-order chi connectivity index (χ0) is 17.8. The van der Waals surface area contributed by atoms with E-state index in [4.69, 9.17) is 15.7 Å². The van der Waals surface area contributed by atoms with Gasteiger partial charge < -0.3 is 4.74 Å². The van der Waals surface area contributed by atoms with E-state index in [9.17, 15) is 16.8 Å². The van der Waals surface area contributed by atoms with Crippen LogP contribution in [0.1, 0.15) is 0 Å². The first-order valence-electron chi connectivity index (χ1n) is 6.26. The van der Waals surface area contributed by atoms with Crippen LogP contribution < -0.4 is 9.65 Å². The van der Waals surface area contributed by atoms with Crippen LogP contribution in [-0.4, -0.2) is 22.4 Å². The second kappa shape index (κ2) is 6.71. The third-order valence-corrected chi connectivity index (χ3v) is 5.22. The van der Waals surface area contributed by atoms with Crippen molar-refractivity contribution in [3.8, 4) is 11.5 Å². The van der Waals surface area contributed by atoms with Gasteiger partial charge in [-0.05, 0) is 48.5 Å². The zero-order valence-electron chi connectivity index (χ0n) is 11.9. The van der Waals surface area contributed by atoms with Gasteiger partial charge in [0.25, 0.3) is 4.52 Å². The predicted molar refractivity (Wildman–Crippen MR) is 83.4 cm³/mol. The number of sulfonamides is 1. The summed E-state index contributed by atoms with van der Waals surface area (Å²) in [6.07, 6.45) is 0. The smallest absolute Gasteiger partial charge is 0.355 e. The summed E-state index contributed by atoms with van der Waals surface area (Å²) >= 11 is 0. The van der Waals surface area contributed by atoms with Crippen LogP contribution in [0.2, 0.25) is 0 Å². The molecular weight excluding hydrogens is 356 g/mol. The van der Waals surface area contributed by atoms with Crippen LogP contribution in [0, 0.1) is 10.9 Å². The van der Waals surface area contributed by atoms with Crippen molar-refractivity contribution < 1.29 is 21.6 Å². The summed E-state index contributed by atoms with van der Waals surface area (Å²) < 4.78 is 54.4. The van der Waals surface area contributed by atoms with E-state index in [1.165, 1.54) is 48.5 Å². The summed E-state index contributed by atoms with van der Waals surface area (Å²) in [5, 5.41) is 6.86. The summed E-state index contributed by atoms with van der Waals surface area (Å²) in [4.78, 5) is 2.32. The maximum atomic E-state index is 11.6. The van der Waals surface area contributed by atoms with Gasteiger partial charge in [0, 0.05) is 0 Å². The molecule has 0 aliphatic carbocycles. The van der Waals surface area contributed by atoms with E-state index in [0.29, 0.717) is 17.0 Å². The van der Waals surface area contributed by atoms with Crippen molar-refractivity contribution in [1.29, 1.82) is 10.9 Å². The largest absolute Gasteiger partial charge is 0.457 e. The standard InChI is InChI=1S/C13H11N4O5S2/c14-9-23(18,19)12-5-1-10(2-6-12)22-11-3-7-13(8-4-11)24(20,21)17-16-15/h1-9,14-15H/q+1. The molecule has 0 saturated carbocycles. The molecule has 2 aromatic carbocycles. The summed E-state index contributed by atoms with van der Waals surface area (Å²) in [7, 11) is -7.73. The lowest BCUT2D eigenvalue weighted by molar-refractivity contribution is 0.481. The second-order valence-electron chi connectivity index (χ2n) is 4.36. The molecular formula is C13H11N4O5S2+. The molecule has 0 atom stereocenters. The Bertz CT molecular complexity index is 1010. The molecule has 2 aromatic rings. The Morgan fingerprint density at radius 1 is 0.875 bits per heavy atom. The summed E-state index contributed by atoms with van der Waals surface area (Å²) in [5.74, 6) is 0.653. The molecule has 2 N–H and O–H groups in total. The van der Waals surface area contributed by atoms with E-state index in [2.05, 4.69) is 9.43 Å². The molecule has 0 spiro atoms. The van der Waals surface area contributed by atoms with Gasteiger partial charge in [-0.25, -0.2) is 8.42 Å². The molecule has 2 rings (SSSR count). The maximum Gasteiger partial charge on any atom is 0.355 e. The van der Waals surface area contributed by atoms with E-state index in [1.807, 2.05) is 0 Å². The minimum Gasteiger partial charge on any atom is -0.457 e. The van der Waals surface area contributed by atoms with Crippen LogP contribution in [-0.2, 0) is 19.9 Å². The number of ether oxygens (including phenoxy) is 1. The Morgan fingerprint density at radius 2 is 1.33 bits per heavy atom. The molecule has 9 nitrogen and oxygen atoms in total. The van der Waals surface area contributed by atoms with Crippen molar-refractivity contribution >= 4 is 25.4 Å². The van der Waals surface area contributed by atoms with Gasteiger partial charge in [0.05, 0.1) is 9.79 Å². The zero-order valence-corrected chi connectivity index (χ0v) is 13.6. The van der Waals surface area contributed by atoms with Gasteiger partial charge in [0.15, 0.2) is 0 Å². The number of sulfone groups is 1. The quantitative estimate of drug-likeness (QED) is 0.346. The Labute approximate surface area is 137 Å². The van der Waals surface area contributed by atoms with Gasteiger partial charge in [0.2, 0.25) is 14.7 Å². The highest BCUT2D eigenvalue weighted by Gasteiger charge is 2.18. The molecule has 11 heteroatoms. The highest BCUT2D eigenvalue weighted by atomic mass is 32.2. The number of rotatable bonds is 6. The summed E-state index contributed by atoms with van der Waals surface area (Å²) in [6.45, 7) is 0. The molecule has 0 aliphatic rings. The van der Waals surface area contributed by atoms with Crippen LogP contribution in [0.25, 0.3) is 0 Å². The molecule has 0 unspecified atom stereocenters. The van der Waals surface area contributed by atoms with E-state index in [-0.39, 0.29) is 9.79 Å². The van der Waals surface area contributed by atoms with Crippen LogP contribution in [0.3, 0.4) is 0 Å². The fourth-order valence-electron chi connectivity index (χ4n) is 1.68. The van der Waals surface area contributed by atoms with Crippen molar-refractivity contribution in [3.05, 3.63) is 48.5 Å². The topological polar surface area (TPSA) is 152 Å². The SMILES string of the molecule is N=CS(=O)(=O)c1ccc(Oc2ccc(S(=O)(=O)N=[N+]=N)cc2)cc1. The molecule has 0 saturated heterocycles. The summed E-state index contributed by atoms with van der Waals surface area (Å²) in [5.41, 5.74) is 6.83. The average Bonchev–Trinajstić information content (AvgIpc) is 2.56. The molecule has 124 valence electrons. The Balaban J connectivity index is 2.20.